The molecule has 0 bridgehead atoms. The molecule has 1 aromatic carbocycles. The van der Waals surface area contributed by atoms with Crippen LogP contribution in [0.1, 0.15) is 118 Å². The van der Waals surface area contributed by atoms with Crippen molar-refractivity contribution in [3.8, 4) is 0 Å². The Bertz CT molecular complexity index is 1410. The molecule has 4 saturated carbocycles. The number of benzene rings is 1. The Kier molecular flexibility index (Phi) is 9.55. The molecule has 0 amide bonds. The smallest absolute Gasteiger partial charge is 0.460 e. The zero-order valence-electron chi connectivity index (χ0n) is 28.4. The van der Waals surface area contributed by atoms with Crippen LogP contribution in [-0.4, -0.2) is 19.9 Å². The normalized spacial score (nSPS) is 38.0. The van der Waals surface area contributed by atoms with Crippen molar-refractivity contribution in [1.82, 2.24) is 0 Å². The number of hydrogen-bond donors (Lipinski definition) is 0. The number of ether oxygens (including phenoxy) is 1. The molecule has 0 heterocycles. The van der Waals surface area contributed by atoms with Gasteiger partial charge >= 0.3 is 21.6 Å². The zero-order valence-corrected chi connectivity index (χ0v) is 29.2. The van der Waals surface area contributed by atoms with Crippen LogP contribution in [0.2, 0.25) is 0 Å². The van der Waals surface area contributed by atoms with Gasteiger partial charge in [0.1, 0.15) is 12.4 Å². The Balaban J connectivity index is 0.00000134. The maximum atomic E-state index is 13.8. The molecule has 5 aliphatic carbocycles. The number of hydrogen-bond acceptors (Lipinski definition) is 5. The van der Waals surface area contributed by atoms with Crippen LogP contribution < -0.4 is 0 Å². The van der Waals surface area contributed by atoms with Gasteiger partial charge in [0.25, 0.3) is 0 Å². The molecular formula is C37H53F3O5S. The highest BCUT2D eigenvalue weighted by atomic mass is 32.2. The van der Waals surface area contributed by atoms with Crippen LogP contribution in [-0.2, 0) is 30.4 Å². The molecule has 8 atom stereocenters. The van der Waals surface area contributed by atoms with E-state index in [1.807, 2.05) is 44.2 Å². The van der Waals surface area contributed by atoms with E-state index in [9.17, 15) is 26.4 Å². The van der Waals surface area contributed by atoms with Crippen LogP contribution in [0, 0.1) is 51.2 Å². The maximum absolute atomic E-state index is 13.8. The predicted octanol–water partition coefficient (Wildman–Crippen LogP) is 9.97. The van der Waals surface area contributed by atoms with Crippen LogP contribution in [0.15, 0.2) is 42.2 Å². The molecule has 9 heteroatoms. The van der Waals surface area contributed by atoms with Crippen molar-refractivity contribution in [3.05, 3.63) is 47.7 Å². The maximum Gasteiger partial charge on any atom is 0.534 e. The Morgan fingerprint density at radius 1 is 0.870 bits per heavy atom. The Morgan fingerprint density at radius 3 is 2.20 bits per heavy atom. The van der Waals surface area contributed by atoms with Crippen molar-refractivity contribution in [3.63, 3.8) is 0 Å². The van der Waals surface area contributed by atoms with Crippen molar-refractivity contribution in [2.45, 2.75) is 124 Å². The van der Waals surface area contributed by atoms with E-state index in [4.69, 9.17) is 8.92 Å². The summed E-state index contributed by atoms with van der Waals surface area (Å²) in [5.74, 6) is 1.53. The average Bonchev–Trinajstić information content (AvgIpc) is 3.44. The number of carbonyl (C=O) groups is 1. The highest BCUT2D eigenvalue weighted by molar-refractivity contribution is 7.87. The molecule has 0 radical (unpaired) electrons. The van der Waals surface area contributed by atoms with Gasteiger partial charge < -0.3 is 8.92 Å². The summed E-state index contributed by atoms with van der Waals surface area (Å²) in [6, 6.07) is 9.85. The molecule has 5 nitrogen and oxygen atoms in total. The van der Waals surface area contributed by atoms with Gasteiger partial charge in [-0.05, 0) is 110 Å². The molecular weight excluding hydrogens is 613 g/mol. The van der Waals surface area contributed by atoms with Gasteiger partial charge in [-0.3, -0.25) is 4.79 Å². The van der Waals surface area contributed by atoms with Crippen molar-refractivity contribution >= 4 is 16.1 Å². The largest absolute Gasteiger partial charge is 0.534 e. The van der Waals surface area contributed by atoms with Gasteiger partial charge in [0, 0.05) is 5.41 Å². The van der Waals surface area contributed by atoms with E-state index < -0.39 is 26.5 Å². The van der Waals surface area contributed by atoms with Gasteiger partial charge in [-0.1, -0.05) is 84.7 Å². The topological polar surface area (TPSA) is 69.7 Å². The number of alkyl halides is 3. The lowest BCUT2D eigenvalue weighted by molar-refractivity contribution is -0.194. The number of rotatable bonds is 5. The summed E-state index contributed by atoms with van der Waals surface area (Å²) in [5, 5.41) is 0. The summed E-state index contributed by atoms with van der Waals surface area (Å²) in [6.07, 6.45) is 12.0. The quantitative estimate of drug-likeness (QED) is 0.178. The predicted molar refractivity (Wildman–Crippen MR) is 172 cm³/mol. The number of halogens is 3. The van der Waals surface area contributed by atoms with Gasteiger partial charge in [-0.15, -0.1) is 0 Å². The Morgan fingerprint density at radius 2 is 1.54 bits per heavy atom. The van der Waals surface area contributed by atoms with Gasteiger partial charge in [0.05, 0.1) is 5.41 Å². The summed E-state index contributed by atoms with van der Waals surface area (Å²) >= 11 is 0. The van der Waals surface area contributed by atoms with Crippen LogP contribution in [0.3, 0.4) is 0 Å². The van der Waals surface area contributed by atoms with Gasteiger partial charge in [0.2, 0.25) is 0 Å². The number of allylic oxidation sites excluding steroid dienone is 2. The molecule has 0 aliphatic heterocycles. The van der Waals surface area contributed by atoms with Crippen molar-refractivity contribution < 1.29 is 35.3 Å². The van der Waals surface area contributed by atoms with E-state index in [2.05, 4.69) is 27.7 Å². The first-order valence-corrected chi connectivity index (χ1v) is 18.8. The highest BCUT2D eigenvalue weighted by Crippen LogP contribution is 2.73. The molecule has 1 aromatic rings. The standard InChI is InChI=1S/C34H45F3O5S.C3H8/c1-30(2)26-15-18-31(3)24-14-20-33(29(38)41-21-22-9-6-5-7-10-22)17-8-11-25(33)23(24)12-13-27(31)32(26,4)19-16-28(30)42-43(39,40)34(35,36)37;1-3-2/h5-7,9-10,16,23-27H,8,11-15,17-21H2,1-4H3;3H2,1-2H3. The molecule has 0 aromatic heterocycles. The number of esters is 1. The fourth-order valence-corrected chi connectivity index (χ4v) is 11.9. The molecule has 258 valence electrons. The summed E-state index contributed by atoms with van der Waals surface area (Å²) < 4.78 is 74.3. The van der Waals surface area contributed by atoms with Crippen LogP contribution in [0.5, 0.6) is 0 Å². The minimum atomic E-state index is -5.72. The fraction of sp³-hybridized carbons (Fsp3) is 0.757. The third kappa shape index (κ3) is 5.72. The third-order valence-electron chi connectivity index (χ3n) is 13.1. The summed E-state index contributed by atoms with van der Waals surface area (Å²) in [5.41, 5.74) is -5.83. The first-order valence-electron chi connectivity index (χ1n) is 17.4. The fourth-order valence-electron chi connectivity index (χ4n) is 11.3. The lowest BCUT2D eigenvalue weighted by Crippen LogP contribution is -2.61. The Hall–Kier alpha value is -2.03. The van der Waals surface area contributed by atoms with Gasteiger partial charge in [0.15, 0.2) is 0 Å². The molecule has 0 N–H and O–H groups in total. The lowest BCUT2D eigenvalue weighted by Gasteiger charge is -2.68. The summed E-state index contributed by atoms with van der Waals surface area (Å²) in [4.78, 5) is 13.8. The summed E-state index contributed by atoms with van der Waals surface area (Å²) in [6.45, 7) is 13.0. The average molecular weight is 667 g/mol. The molecule has 0 saturated heterocycles. The third-order valence-corrected chi connectivity index (χ3v) is 14.1. The van der Waals surface area contributed by atoms with Crippen molar-refractivity contribution in [2.75, 3.05) is 0 Å². The van der Waals surface area contributed by atoms with Crippen LogP contribution >= 0.6 is 0 Å². The number of fused-ring (bicyclic) bond motifs is 7. The first kappa shape index (κ1) is 35.3. The molecule has 0 spiro atoms. The van der Waals surface area contributed by atoms with E-state index in [-0.39, 0.29) is 28.5 Å². The van der Waals surface area contributed by atoms with E-state index in [0.717, 1.165) is 63.4 Å². The summed E-state index contributed by atoms with van der Waals surface area (Å²) in [7, 11) is -5.72. The van der Waals surface area contributed by atoms with Crippen molar-refractivity contribution in [2.24, 2.45) is 51.2 Å². The van der Waals surface area contributed by atoms with E-state index >= 15 is 0 Å². The second-order valence-corrected chi connectivity index (χ2v) is 17.5. The van der Waals surface area contributed by atoms with E-state index in [0.29, 0.717) is 36.7 Å². The van der Waals surface area contributed by atoms with Gasteiger partial charge in [-0.2, -0.15) is 21.6 Å². The SMILES string of the molecule is CC1(C)C(OS(=O)(=O)C(F)(F)F)=CCC2(C)C1CCC1(C)C3CCC4(C(=O)OCc5ccccc5)CCCC4C3CCC12.CCC. The Labute approximate surface area is 274 Å². The molecule has 5 aliphatic rings. The molecule has 4 fully saturated rings. The molecule has 6 rings (SSSR count). The molecule has 46 heavy (non-hydrogen) atoms. The first-order chi connectivity index (χ1) is 21.5. The second kappa shape index (κ2) is 12.5. The monoisotopic (exact) mass is 666 g/mol. The minimum Gasteiger partial charge on any atom is -0.460 e. The minimum absolute atomic E-state index is 0.000171. The highest BCUT2D eigenvalue weighted by Gasteiger charge is 2.67. The number of carbonyl (C=O) groups excluding carboxylic acids is 1. The zero-order chi connectivity index (χ0) is 33.8. The lowest BCUT2D eigenvalue weighted by atomic mass is 9.37. The van der Waals surface area contributed by atoms with E-state index in [1.165, 1.54) is 6.42 Å². The molecule has 8 unspecified atom stereocenters. The van der Waals surface area contributed by atoms with Gasteiger partial charge in [-0.25, -0.2) is 0 Å². The van der Waals surface area contributed by atoms with E-state index in [1.54, 1.807) is 6.08 Å². The van der Waals surface area contributed by atoms with Crippen LogP contribution in [0.25, 0.3) is 0 Å². The van der Waals surface area contributed by atoms with Crippen LogP contribution in [0.4, 0.5) is 13.2 Å². The second-order valence-electron chi connectivity index (χ2n) is 15.9. The van der Waals surface area contributed by atoms with Crippen molar-refractivity contribution in [1.29, 1.82) is 0 Å².